The van der Waals surface area contributed by atoms with Crippen molar-refractivity contribution in [2.45, 2.75) is 33.1 Å². The van der Waals surface area contributed by atoms with Crippen molar-refractivity contribution >= 4 is 5.91 Å². The molecule has 1 N–H and O–H groups in total. The van der Waals surface area contributed by atoms with Crippen LogP contribution in [-0.4, -0.2) is 22.6 Å². The van der Waals surface area contributed by atoms with Crippen molar-refractivity contribution in [1.29, 1.82) is 0 Å². The van der Waals surface area contributed by atoms with Gasteiger partial charge in [-0.25, -0.2) is 0 Å². The van der Waals surface area contributed by atoms with Crippen molar-refractivity contribution < 1.29 is 9.32 Å². The van der Waals surface area contributed by atoms with Crippen LogP contribution in [0.15, 0.2) is 4.52 Å². The van der Waals surface area contributed by atoms with Gasteiger partial charge in [0.1, 0.15) is 6.42 Å². The highest BCUT2D eigenvalue weighted by Crippen LogP contribution is 1.96. The first kappa shape index (κ1) is 10.7. The molecule has 0 spiro atoms. The third-order valence-corrected chi connectivity index (χ3v) is 1.73. The van der Waals surface area contributed by atoms with E-state index in [9.17, 15) is 4.79 Å². The van der Waals surface area contributed by atoms with Crippen molar-refractivity contribution in [2.24, 2.45) is 0 Å². The summed E-state index contributed by atoms with van der Waals surface area (Å²) in [5.41, 5.74) is 0. The molecule has 0 saturated heterocycles. The number of carbonyl (C=O) groups is 1. The number of nitrogens with one attached hydrogen (secondary N) is 1. The van der Waals surface area contributed by atoms with Gasteiger partial charge in [0.25, 0.3) is 0 Å². The van der Waals surface area contributed by atoms with Crippen LogP contribution in [-0.2, 0) is 11.2 Å². The van der Waals surface area contributed by atoms with Gasteiger partial charge >= 0.3 is 0 Å². The van der Waals surface area contributed by atoms with Crippen molar-refractivity contribution in [2.75, 3.05) is 6.54 Å². The Morgan fingerprint density at radius 3 is 2.93 bits per heavy atom. The van der Waals surface area contributed by atoms with E-state index in [0.717, 1.165) is 12.8 Å². The van der Waals surface area contributed by atoms with Crippen molar-refractivity contribution in [3.63, 3.8) is 0 Å². The summed E-state index contributed by atoms with van der Waals surface area (Å²) in [6.07, 6.45) is 2.24. The lowest BCUT2D eigenvalue weighted by atomic mass is 10.3. The van der Waals surface area contributed by atoms with E-state index in [2.05, 4.69) is 22.4 Å². The van der Waals surface area contributed by atoms with Crippen LogP contribution in [0.2, 0.25) is 0 Å². The quantitative estimate of drug-likeness (QED) is 0.710. The van der Waals surface area contributed by atoms with Gasteiger partial charge in [0.05, 0.1) is 0 Å². The molecular formula is C9H15N3O2. The lowest BCUT2D eigenvalue weighted by Gasteiger charge is -2.00. The summed E-state index contributed by atoms with van der Waals surface area (Å²) in [6.45, 7) is 4.51. The molecule has 1 aromatic rings. The van der Waals surface area contributed by atoms with Crippen LogP contribution in [0.3, 0.4) is 0 Å². The Balaban J connectivity index is 2.27. The molecule has 1 heterocycles. The molecule has 0 aliphatic rings. The smallest absolute Gasteiger partial charge is 0.236 e. The average molecular weight is 197 g/mol. The van der Waals surface area contributed by atoms with Gasteiger partial charge in [0.2, 0.25) is 11.8 Å². The topological polar surface area (TPSA) is 68.0 Å². The number of amides is 1. The zero-order valence-corrected chi connectivity index (χ0v) is 8.54. The Hall–Kier alpha value is -1.39. The fourth-order valence-electron chi connectivity index (χ4n) is 1.02. The number of unbranched alkanes of at least 4 members (excludes halogenated alkanes) is 1. The highest BCUT2D eigenvalue weighted by molar-refractivity contribution is 5.77. The normalized spacial score (nSPS) is 10.1. The molecule has 0 aliphatic heterocycles. The minimum absolute atomic E-state index is 0.0675. The van der Waals surface area contributed by atoms with Gasteiger partial charge in [-0.1, -0.05) is 18.5 Å². The number of aromatic nitrogens is 2. The van der Waals surface area contributed by atoms with Gasteiger partial charge in [-0.15, -0.1) is 0 Å². The predicted octanol–water partition coefficient (Wildman–Crippen LogP) is 0.837. The fraction of sp³-hybridized carbons (Fsp3) is 0.667. The highest BCUT2D eigenvalue weighted by atomic mass is 16.5. The highest BCUT2D eigenvalue weighted by Gasteiger charge is 2.08. The van der Waals surface area contributed by atoms with Gasteiger partial charge in [-0.05, 0) is 13.3 Å². The van der Waals surface area contributed by atoms with Gasteiger partial charge in [0, 0.05) is 6.54 Å². The Labute approximate surface area is 82.9 Å². The molecule has 0 atom stereocenters. The average Bonchev–Trinajstić information content (AvgIpc) is 2.52. The zero-order valence-electron chi connectivity index (χ0n) is 8.54. The number of nitrogens with zero attached hydrogens (tertiary/aromatic N) is 2. The first-order chi connectivity index (χ1) is 6.72. The van der Waals surface area contributed by atoms with Crippen molar-refractivity contribution in [3.05, 3.63) is 11.7 Å². The molecule has 0 fully saturated rings. The number of rotatable bonds is 5. The molecule has 0 saturated carbocycles. The number of aryl methyl sites for hydroxylation is 1. The molecule has 14 heavy (non-hydrogen) atoms. The first-order valence-electron chi connectivity index (χ1n) is 4.78. The van der Waals surface area contributed by atoms with Crippen molar-refractivity contribution in [3.8, 4) is 0 Å². The van der Waals surface area contributed by atoms with E-state index in [1.54, 1.807) is 6.92 Å². The Morgan fingerprint density at radius 1 is 1.57 bits per heavy atom. The maximum absolute atomic E-state index is 11.3. The second kappa shape index (κ2) is 5.36. The zero-order chi connectivity index (χ0) is 10.4. The Bertz CT molecular complexity index is 296. The summed E-state index contributed by atoms with van der Waals surface area (Å²) >= 11 is 0. The third-order valence-electron chi connectivity index (χ3n) is 1.73. The van der Waals surface area contributed by atoms with E-state index >= 15 is 0 Å². The fourth-order valence-corrected chi connectivity index (χ4v) is 1.02. The second-order valence-electron chi connectivity index (χ2n) is 3.12. The molecule has 78 valence electrons. The van der Waals surface area contributed by atoms with Crippen LogP contribution >= 0.6 is 0 Å². The second-order valence-corrected chi connectivity index (χ2v) is 3.12. The van der Waals surface area contributed by atoms with Crippen LogP contribution in [0.1, 0.15) is 31.5 Å². The summed E-state index contributed by atoms with van der Waals surface area (Å²) in [5.74, 6) is 0.861. The standard InChI is InChI=1S/C9H15N3O2/c1-3-4-5-10-8(13)6-9-11-7(2)12-14-9/h3-6H2,1-2H3,(H,10,13). The van der Waals surface area contributed by atoms with Crippen LogP contribution in [0.4, 0.5) is 0 Å². The molecule has 0 aromatic carbocycles. The SMILES string of the molecule is CCCCNC(=O)Cc1nc(C)no1. The molecule has 0 radical (unpaired) electrons. The maximum atomic E-state index is 11.3. The van der Waals surface area contributed by atoms with Crippen LogP contribution in [0.25, 0.3) is 0 Å². The molecule has 1 rings (SSSR count). The van der Waals surface area contributed by atoms with Crippen LogP contribution in [0, 0.1) is 6.92 Å². The van der Waals surface area contributed by atoms with Crippen LogP contribution < -0.4 is 5.32 Å². The first-order valence-corrected chi connectivity index (χ1v) is 4.78. The number of hydrogen-bond donors (Lipinski definition) is 1. The molecule has 5 heteroatoms. The minimum Gasteiger partial charge on any atom is -0.356 e. The molecular weight excluding hydrogens is 182 g/mol. The molecule has 5 nitrogen and oxygen atoms in total. The van der Waals surface area contributed by atoms with E-state index in [-0.39, 0.29) is 12.3 Å². The summed E-state index contributed by atoms with van der Waals surface area (Å²) < 4.78 is 4.82. The summed E-state index contributed by atoms with van der Waals surface area (Å²) in [7, 11) is 0. The van der Waals surface area contributed by atoms with E-state index < -0.39 is 0 Å². The van der Waals surface area contributed by atoms with Crippen molar-refractivity contribution in [1.82, 2.24) is 15.5 Å². The lowest BCUT2D eigenvalue weighted by molar-refractivity contribution is -0.120. The number of hydrogen-bond acceptors (Lipinski definition) is 4. The third kappa shape index (κ3) is 3.55. The van der Waals surface area contributed by atoms with Gasteiger partial charge in [0.15, 0.2) is 5.82 Å². The molecule has 0 aliphatic carbocycles. The van der Waals surface area contributed by atoms with E-state index in [1.165, 1.54) is 0 Å². The van der Waals surface area contributed by atoms with Crippen LogP contribution in [0.5, 0.6) is 0 Å². The maximum Gasteiger partial charge on any atom is 0.236 e. The van der Waals surface area contributed by atoms with E-state index in [4.69, 9.17) is 4.52 Å². The van der Waals surface area contributed by atoms with E-state index in [1.807, 2.05) is 0 Å². The van der Waals surface area contributed by atoms with Gasteiger partial charge in [-0.2, -0.15) is 4.98 Å². The summed E-state index contributed by atoms with van der Waals surface area (Å²) in [6, 6.07) is 0. The number of carbonyl (C=O) groups excluding carboxylic acids is 1. The molecule has 0 unspecified atom stereocenters. The molecule has 0 bridgehead atoms. The van der Waals surface area contributed by atoms with Gasteiger partial charge in [-0.3, -0.25) is 4.79 Å². The summed E-state index contributed by atoms with van der Waals surface area (Å²) in [4.78, 5) is 15.2. The predicted molar refractivity (Wildman–Crippen MR) is 50.7 cm³/mol. The molecule has 1 aromatic heterocycles. The largest absolute Gasteiger partial charge is 0.356 e. The molecule has 1 amide bonds. The lowest BCUT2D eigenvalue weighted by Crippen LogP contribution is -2.26. The minimum atomic E-state index is -0.0675. The summed E-state index contributed by atoms with van der Waals surface area (Å²) in [5, 5.41) is 6.37. The van der Waals surface area contributed by atoms with E-state index in [0.29, 0.717) is 18.3 Å². The Morgan fingerprint density at radius 2 is 2.36 bits per heavy atom. The monoisotopic (exact) mass is 197 g/mol. The Kier molecular flexibility index (Phi) is 4.10. The van der Waals surface area contributed by atoms with Gasteiger partial charge < -0.3 is 9.84 Å².